The third kappa shape index (κ3) is 20.5. The Balaban J connectivity index is 1.26. The molecule has 6 rings (SSSR count). The van der Waals surface area contributed by atoms with Gasteiger partial charge in [0.25, 0.3) is 10.0 Å². The second kappa shape index (κ2) is 30.9. The Morgan fingerprint density at radius 2 is 1.01 bits per heavy atom. The number of hydrogen-bond acceptors (Lipinski definition) is 13. The highest BCUT2D eigenvalue weighted by Crippen LogP contribution is 2.17. The van der Waals surface area contributed by atoms with Crippen LogP contribution in [-0.4, -0.2) is 93.2 Å². The Morgan fingerprint density at radius 3 is 1.60 bits per heavy atom. The quantitative estimate of drug-likeness (QED) is 0.0139. The first-order valence-corrected chi connectivity index (χ1v) is 27.3. The van der Waals surface area contributed by atoms with Gasteiger partial charge in [0.05, 0.1) is 30.6 Å². The molecule has 0 spiro atoms. The zero-order chi connectivity index (χ0) is 57.3. The molecule has 0 saturated carbocycles. The van der Waals surface area contributed by atoms with Crippen molar-refractivity contribution >= 4 is 51.5 Å². The van der Waals surface area contributed by atoms with Crippen molar-refractivity contribution in [1.82, 2.24) is 26.0 Å². The van der Waals surface area contributed by atoms with Crippen molar-refractivity contribution < 1.29 is 51.4 Å². The fourth-order valence-electron chi connectivity index (χ4n) is 7.95. The molecular formula is C59H67N9O11S. The second-order valence-electron chi connectivity index (χ2n) is 18.8. The minimum absolute atomic E-state index is 0.0347. The standard InChI is InChI=1S/C59H67N9O11S/c1-40-24-30-47(31-25-40)80(75,76)68-59(62)63-32-14-23-49(55(71)66-51(58(74)79-38-45-21-12-5-13-22-45)34-42-26-28-46(29-27-42)78-37-44-19-10-4-11-20-44)64-56(72)50(33-41-15-6-2-7-16-41)65-57(73)52(67-54(70)48(60)35-53(61)69)39-77-36-43-17-8-3-9-18-43/h2-13,15-22,24-31,48-52H,14,23,32-39,60H2,1H3,(H2,61,69)(H,64,72)(H,65,73)(H,66,71)(H,67,70)(H3,62,63,68)/t48-,49-,50-,51-,52-/m0/s1. The molecule has 0 radical (unpaired) electrons. The van der Waals surface area contributed by atoms with Gasteiger partial charge in [-0.2, -0.15) is 0 Å². The lowest BCUT2D eigenvalue weighted by atomic mass is 10.0. The fraction of sp³-hybridized carbons (Fsp3) is 0.271. The first kappa shape index (κ1) is 60.3. The highest BCUT2D eigenvalue weighted by molar-refractivity contribution is 7.90. The van der Waals surface area contributed by atoms with Gasteiger partial charge in [0.2, 0.25) is 35.5 Å². The summed E-state index contributed by atoms with van der Waals surface area (Å²) in [7, 11) is -4.10. The number of sulfonamides is 1. The zero-order valence-corrected chi connectivity index (χ0v) is 45.0. The number of amides is 5. The summed E-state index contributed by atoms with van der Waals surface area (Å²) < 4.78 is 46.0. The summed E-state index contributed by atoms with van der Waals surface area (Å²) in [5.41, 5.74) is 21.8. The maximum absolute atomic E-state index is 14.7. The first-order chi connectivity index (χ1) is 38.5. The van der Waals surface area contributed by atoms with E-state index in [1.807, 2.05) is 49.4 Å². The van der Waals surface area contributed by atoms with E-state index in [4.69, 9.17) is 31.4 Å². The molecule has 0 aliphatic rings. The smallest absolute Gasteiger partial charge is 0.329 e. The van der Waals surface area contributed by atoms with Crippen molar-refractivity contribution in [2.24, 2.45) is 22.2 Å². The first-order valence-electron chi connectivity index (χ1n) is 25.8. The molecule has 80 heavy (non-hydrogen) atoms. The summed E-state index contributed by atoms with van der Waals surface area (Å²) in [5.74, 6) is -4.89. The molecule has 0 heterocycles. The number of rotatable bonds is 30. The Labute approximate surface area is 465 Å². The van der Waals surface area contributed by atoms with E-state index in [2.05, 4.69) is 31.0 Å². The number of aryl methyl sites for hydroxylation is 1. The van der Waals surface area contributed by atoms with Crippen molar-refractivity contribution in [3.05, 3.63) is 203 Å². The number of ether oxygens (including phenoxy) is 3. The average Bonchev–Trinajstić information content (AvgIpc) is 3.45. The molecule has 21 heteroatoms. The highest BCUT2D eigenvalue weighted by Gasteiger charge is 2.33. The van der Waals surface area contributed by atoms with Crippen LogP contribution in [0.5, 0.6) is 5.75 Å². The van der Waals surface area contributed by atoms with Gasteiger partial charge in [-0.05, 0) is 71.8 Å². The monoisotopic (exact) mass is 1110 g/mol. The van der Waals surface area contributed by atoms with E-state index in [0.717, 1.165) is 16.7 Å². The van der Waals surface area contributed by atoms with Crippen LogP contribution in [0.4, 0.5) is 0 Å². The largest absolute Gasteiger partial charge is 0.489 e. The summed E-state index contributed by atoms with van der Waals surface area (Å²) >= 11 is 0. The fourth-order valence-corrected chi connectivity index (χ4v) is 8.90. The summed E-state index contributed by atoms with van der Waals surface area (Å²) in [6.07, 6.45) is -0.783. The molecule has 0 aliphatic carbocycles. The lowest BCUT2D eigenvalue weighted by molar-refractivity contribution is -0.149. The molecule has 0 saturated heterocycles. The average molecular weight is 1110 g/mol. The van der Waals surface area contributed by atoms with E-state index in [0.29, 0.717) is 29.0 Å². The maximum atomic E-state index is 14.7. The van der Waals surface area contributed by atoms with E-state index in [1.165, 1.54) is 12.1 Å². The van der Waals surface area contributed by atoms with E-state index >= 15 is 0 Å². The summed E-state index contributed by atoms with van der Waals surface area (Å²) in [6.45, 7) is 1.55. The number of carbonyl (C=O) groups is 6. The van der Waals surface area contributed by atoms with Gasteiger partial charge in [-0.15, -0.1) is 0 Å². The lowest BCUT2D eigenvalue weighted by Gasteiger charge is -2.27. The van der Waals surface area contributed by atoms with Gasteiger partial charge in [0, 0.05) is 19.4 Å². The number of benzene rings is 6. The summed E-state index contributed by atoms with van der Waals surface area (Å²) in [5, 5.41) is 10.8. The van der Waals surface area contributed by atoms with Crippen molar-refractivity contribution in [3.8, 4) is 5.75 Å². The van der Waals surface area contributed by atoms with Crippen molar-refractivity contribution in [3.63, 3.8) is 0 Å². The van der Waals surface area contributed by atoms with Gasteiger partial charge in [-0.1, -0.05) is 151 Å². The SMILES string of the molecule is Cc1ccc(S(=O)(=O)NC(N)=NCCC[C@H](NC(=O)[C@H](Cc2ccccc2)NC(=O)[C@H](COCc2ccccc2)NC(=O)[C@@H](N)CC(N)=O)C(=O)N[C@@H](Cc2ccc(OCc3ccccc3)cc2)C(=O)OCc2ccccc2)cc1. The van der Waals surface area contributed by atoms with Crippen LogP contribution in [0, 0.1) is 6.92 Å². The van der Waals surface area contributed by atoms with Crippen LogP contribution in [-0.2, 0) is 80.9 Å². The van der Waals surface area contributed by atoms with Crippen LogP contribution >= 0.6 is 0 Å². The Bertz CT molecular complexity index is 3100. The van der Waals surface area contributed by atoms with Crippen LogP contribution in [0.25, 0.3) is 0 Å². The van der Waals surface area contributed by atoms with Crippen molar-refractivity contribution in [2.75, 3.05) is 13.2 Å². The van der Waals surface area contributed by atoms with E-state index in [-0.39, 0.29) is 50.3 Å². The van der Waals surface area contributed by atoms with Crippen LogP contribution in [0.3, 0.4) is 0 Å². The minimum Gasteiger partial charge on any atom is -0.489 e. The third-order valence-electron chi connectivity index (χ3n) is 12.3. The Kier molecular flexibility index (Phi) is 23.3. The maximum Gasteiger partial charge on any atom is 0.329 e. The van der Waals surface area contributed by atoms with E-state index in [9.17, 15) is 37.2 Å². The Morgan fingerprint density at radius 1 is 0.537 bits per heavy atom. The number of aliphatic imine (C=N–C) groups is 1. The number of carbonyl (C=O) groups excluding carboxylic acids is 6. The zero-order valence-electron chi connectivity index (χ0n) is 44.2. The van der Waals surface area contributed by atoms with Crippen LogP contribution in [0.15, 0.2) is 180 Å². The van der Waals surface area contributed by atoms with E-state index in [1.54, 1.807) is 115 Å². The van der Waals surface area contributed by atoms with Crippen LogP contribution < -0.4 is 47.9 Å². The number of guanidine groups is 1. The topological polar surface area (TPSA) is 315 Å². The minimum atomic E-state index is -4.10. The molecule has 0 aromatic heterocycles. The lowest BCUT2D eigenvalue weighted by Crippen LogP contribution is -2.60. The van der Waals surface area contributed by atoms with Gasteiger partial charge >= 0.3 is 5.97 Å². The van der Waals surface area contributed by atoms with Crippen LogP contribution in [0.1, 0.15) is 52.6 Å². The molecule has 5 atom stereocenters. The summed E-state index contributed by atoms with van der Waals surface area (Å²) in [6, 6.07) is 42.4. The van der Waals surface area contributed by atoms with E-state index < -0.39 is 94.7 Å². The number of primary amides is 1. The van der Waals surface area contributed by atoms with Gasteiger partial charge in [0.1, 0.15) is 43.1 Å². The van der Waals surface area contributed by atoms with Gasteiger partial charge in [-0.3, -0.25) is 29.0 Å². The predicted molar refractivity (Wildman–Crippen MR) is 300 cm³/mol. The number of hydrogen-bond donors (Lipinski definition) is 8. The highest BCUT2D eigenvalue weighted by atomic mass is 32.2. The van der Waals surface area contributed by atoms with Crippen molar-refractivity contribution in [1.29, 1.82) is 0 Å². The number of esters is 1. The van der Waals surface area contributed by atoms with Crippen molar-refractivity contribution in [2.45, 2.75) is 94.0 Å². The van der Waals surface area contributed by atoms with Crippen LogP contribution in [0.2, 0.25) is 0 Å². The normalized spacial score (nSPS) is 13.2. The molecule has 0 unspecified atom stereocenters. The third-order valence-corrected chi connectivity index (χ3v) is 13.6. The van der Waals surface area contributed by atoms with Gasteiger partial charge in [0.15, 0.2) is 0 Å². The molecular weight excluding hydrogens is 1040 g/mol. The number of nitrogens with one attached hydrogen (secondary N) is 5. The molecule has 20 nitrogen and oxygen atoms in total. The molecule has 0 bridgehead atoms. The number of nitrogens with zero attached hydrogens (tertiary/aromatic N) is 1. The molecule has 6 aromatic carbocycles. The second-order valence-corrected chi connectivity index (χ2v) is 20.4. The molecule has 0 aliphatic heterocycles. The Hall–Kier alpha value is -8.92. The molecule has 5 amide bonds. The number of nitrogens with two attached hydrogens (primary N) is 3. The predicted octanol–water partition coefficient (Wildman–Crippen LogP) is 3.53. The van der Waals surface area contributed by atoms with Gasteiger partial charge in [-0.25, -0.2) is 17.9 Å². The summed E-state index contributed by atoms with van der Waals surface area (Å²) in [4.78, 5) is 86.9. The molecule has 420 valence electrons. The molecule has 6 aromatic rings. The molecule has 11 N–H and O–H groups in total. The van der Waals surface area contributed by atoms with Gasteiger partial charge < -0.3 is 52.7 Å². The molecule has 0 fully saturated rings.